The average molecular weight is 363 g/mol. The molecule has 0 aromatic heterocycles. The van der Waals surface area contributed by atoms with Crippen molar-refractivity contribution < 1.29 is 0 Å². The third-order valence-electron chi connectivity index (χ3n) is 5.61. The second-order valence-electron chi connectivity index (χ2n) is 7.55. The summed E-state index contributed by atoms with van der Waals surface area (Å²) in [6.45, 7) is 4.42. The van der Waals surface area contributed by atoms with E-state index in [1.165, 1.54) is 33.4 Å². The van der Waals surface area contributed by atoms with E-state index in [2.05, 4.69) is 123 Å². The number of aryl methyl sites for hydroxylation is 1. The molecule has 0 saturated carbocycles. The van der Waals surface area contributed by atoms with Gasteiger partial charge in [0.2, 0.25) is 0 Å². The Hall–Kier alpha value is -3.12. The van der Waals surface area contributed by atoms with Crippen LogP contribution in [-0.4, -0.2) is 0 Å². The van der Waals surface area contributed by atoms with Crippen LogP contribution in [0.4, 0.5) is 0 Å². The lowest BCUT2D eigenvalue weighted by Crippen LogP contribution is -2.04. The maximum atomic E-state index is 2.30. The van der Waals surface area contributed by atoms with Crippen LogP contribution in [0, 0.1) is 6.92 Å². The summed E-state index contributed by atoms with van der Waals surface area (Å²) in [5, 5.41) is 0. The zero-order chi connectivity index (χ0) is 19.3. The van der Waals surface area contributed by atoms with Crippen molar-refractivity contribution in [1.29, 1.82) is 0 Å². The highest BCUT2D eigenvalue weighted by atomic mass is 14.2. The first-order chi connectivity index (χ1) is 13.7. The minimum absolute atomic E-state index is 0.253. The second-order valence-corrected chi connectivity index (χ2v) is 7.55. The normalized spacial score (nSPS) is 13.1. The topological polar surface area (TPSA) is 0 Å². The SMILES string of the molecule is Cc1ccc(C(c2ccccc2)c2ccc(C(C)c3ccccc3)cc2)cc1. The van der Waals surface area contributed by atoms with E-state index in [1.807, 2.05) is 0 Å². The molecule has 0 fully saturated rings. The standard InChI is InChI=1S/C28H26/c1-21-13-15-26(16-14-21)28(25-11-7-4-8-12-25)27-19-17-24(18-20-27)22(2)23-9-5-3-6-10-23/h3-20,22,28H,1-2H3. The summed E-state index contributed by atoms with van der Waals surface area (Å²) in [4.78, 5) is 0. The second kappa shape index (κ2) is 8.27. The van der Waals surface area contributed by atoms with Gasteiger partial charge in [-0.15, -0.1) is 0 Å². The van der Waals surface area contributed by atoms with Gasteiger partial charge in [-0.1, -0.05) is 122 Å². The van der Waals surface area contributed by atoms with Crippen molar-refractivity contribution in [3.05, 3.63) is 143 Å². The number of hydrogen-bond acceptors (Lipinski definition) is 0. The van der Waals surface area contributed by atoms with E-state index in [1.54, 1.807) is 0 Å². The molecule has 28 heavy (non-hydrogen) atoms. The van der Waals surface area contributed by atoms with Crippen molar-refractivity contribution in [1.82, 2.24) is 0 Å². The first-order valence-corrected chi connectivity index (χ1v) is 9.98. The fourth-order valence-electron chi connectivity index (χ4n) is 3.89. The highest BCUT2D eigenvalue weighted by molar-refractivity contribution is 5.45. The zero-order valence-corrected chi connectivity index (χ0v) is 16.5. The Balaban J connectivity index is 1.70. The van der Waals surface area contributed by atoms with Gasteiger partial charge in [-0.25, -0.2) is 0 Å². The lowest BCUT2D eigenvalue weighted by Gasteiger charge is -2.20. The fourth-order valence-corrected chi connectivity index (χ4v) is 3.89. The van der Waals surface area contributed by atoms with Crippen LogP contribution in [0.15, 0.2) is 109 Å². The Bertz CT molecular complexity index is 997. The summed E-state index contributed by atoms with van der Waals surface area (Å²) in [7, 11) is 0. The van der Waals surface area contributed by atoms with Crippen molar-refractivity contribution in [3.8, 4) is 0 Å². The first-order valence-electron chi connectivity index (χ1n) is 9.98. The number of hydrogen-bond donors (Lipinski definition) is 0. The molecule has 0 aliphatic carbocycles. The van der Waals surface area contributed by atoms with E-state index in [9.17, 15) is 0 Å². The minimum atomic E-state index is 0.253. The van der Waals surface area contributed by atoms with Gasteiger partial charge in [0.1, 0.15) is 0 Å². The van der Waals surface area contributed by atoms with Gasteiger partial charge < -0.3 is 0 Å². The van der Waals surface area contributed by atoms with Crippen molar-refractivity contribution in [2.75, 3.05) is 0 Å². The van der Waals surface area contributed by atoms with Gasteiger partial charge in [0.15, 0.2) is 0 Å². The summed E-state index contributed by atoms with van der Waals surface area (Å²) in [6, 6.07) is 39.6. The first kappa shape index (κ1) is 18.3. The van der Waals surface area contributed by atoms with Gasteiger partial charge in [0.25, 0.3) is 0 Å². The van der Waals surface area contributed by atoms with Crippen LogP contribution in [0.5, 0.6) is 0 Å². The molecule has 2 unspecified atom stereocenters. The molecule has 4 rings (SSSR count). The van der Waals surface area contributed by atoms with Gasteiger partial charge in [-0.2, -0.15) is 0 Å². The molecule has 0 amide bonds. The Kier molecular flexibility index (Phi) is 5.39. The Morgan fingerprint density at radius 3 is 1.32 bits per heavy atom. The maximum Gasteiger partial charge on any atom is 0.0339 e. The van der Waals surface area contributed by atoms with Crippen LogP contribution >= 0.6 is 0 Å². The summed E-state index contributed by atoms with van der Waals surface area (Å²) in [5.74, 6) is 0.646. The van der Waals surface area contributed by atoms with Gasteiger partial charge in [-0.3, -0.25) is 0 Å². The number of benzene rings is 4. The van der Waals surface area contributed by atoms with Crippen LogP contribution < -0.4 is 0 Å². The molecule has 4 aromatic rings. The van der Waals surface area contributed by atoms with Gasteiger partial charge in [0.05, 0.1) is 0 Å². The summed E-state index contributed by atoms with van der Waals surface area (Å²) in [6.07, 6.45) is 0. The van der Waals surface area contributed by atoms with Crippen LogP contribution in [0.25, 0.3) is 0 Å². The molecule has 4 aromatic carbocycles. The monoisotopic (exact) mass is 362 g/mol. The molecular formula is C28H26. The molecule has 0 bridgehead atoms. The van der Waals surface area contributed by atoms with Crippen LogP contribution in [0.1, 0.15) is 52.1 Å². The molecule has 0 nitrogen and oxygen atoms in total. The highest BCUT2D eigenvalue weighted by Gasteiger charge is 2.17. The lowest BCUT2D eigenvalue weighted by molar-refractivity contribution is 0.913. The Labute approximate surface area is 168 Å². The van der Waals surface area contributed by atoms with Crippen LogP contribution in [-0.2, 0) is 0 Å². The molecule has 0 radical (unpaired) electrons. The molecule has 0 heteroatoms. The van der Waals surface area contributed by atoms with E-state index in [0.29, 0.717) is 5.92 Å². The van der Waals surface area contributed by atoms with Gasteiger partial charge in [-0.05, 0) is 34.7 Å². The number of rotatable bonds is 5. The van der Waals surface area contributed by atoms with Gasteiger partial charge in [0, 0.05) is 11.8 Å². The Morgan fingerprint density at radius 1 is 0.429 bits per heavy atom. The van der Waals surface area contributed by atoms with E-state index >= 15 is 0 Å². The zero-order valence-electron chi connectivity index (χ0n) is 16.5. The van der Waals surface area contributed by atoms with E-state index < -0.39 is 0 Å². The van der Waals surface area contributed by atoms with Crippen molar-refractivity contribution in [2.45, 2.75) is 25.7 Å². The average Bonchev–Trinajstić information content (AvgIpc) is 2.77. The lowest BCUT2D eigenvalue weighted by atomic mass is 9.83. The predicted octanol–water partition coefficient (Wildman–Crippen LogP) is 7.33. The van der Waals surface area contributed by atoms with Crippen LogP contribution in [0.2, 0.25) is 0 Å². The predicted molar refractivity (Wildman–Crippen MR) is 119 cm³/mol. The Morgan fingerprint density at radius 2 is 0.786 bits per heavy atom. The van der Waals surface area contributed by atoms with Gasteiger partial charge >= 0.3 is 0 Å². The third kappa shape index (κ3) is 3.92. The quantitative estimate of drug-likeness (QED) is 0.326. The van der Waals surface area contributed by atoms with E-state index in [4.69, 9.17) is 0 Å². The molecule has 0 N–H and O–H groups in total. The highest BCUT2D eigenvalue weighted by Crippen LogP contribution is 2.33. The minimum Gasteiger partial charge on any atom is -0.0622 e. The fraction of sp³-hybridized carbons (Fsp3) is 0.143. The van der Waals surface area contributed by atoms with Crippen molar-refractivity contribution >= 4 is 0 Å². The van der Waals surface area contributed by atoms with Crippen molar-refractivity contribution in [3.63, 3.8) is 0 Å². The van der Waals surface area contributed by atoms with Crippen molar-refractivity contribution in [2.24, 2.45) is 0 Å². The molecular weight excluding hydrogens is 336 g/mol. The molecule has 0 spiro atoms. The third-order valence-corrected chi connectivity index (χ3v) is 5.61. The van der Waals surface area contributed by atoms with E-state index in [0.717, 1.165) is 0 Å². The molecule has 0 saturated heterocycles. The molecule has 0 aliphatic heterocycles. The van der Waals surface area contributed by atoms with E-state index in [-0.39, 0.29) is 5.92 Å². The largest absolute Gasteiger partial charge is 0.0622 e. The summed E-state index contributed by atoms with van der Waals surface area (Å²) >= 11 is 0. The smallest absolute Gasteiger partial charge is 0.0339 e. The summed E-state index contributed by atoms with van der Waals surface area (Å²) in [5.41, 5.74) is 8.00. The molecule has 0 heterocycles. The maximum absolute atomic E-state index is 2.30. The van der Waals surface area contributed by atoms with Crippen LogP contribution in [0.3, 0.4) is 0 Å². The molecule has 0 aliphatic rings. The molecule has 2 atom stereocenters. The molecule has 138 valence electrons. The summed E-state index contributed by atoms with van der Waals surface area (Å²) < 4.78 is 0.